The third-order valence-electron chi connectivity index (χ3n) is 2.67. The van der Waals surface area contributed by atoms with Crippen molar-refractivity contribution < 1.29 is 19.4 Å². The maximum atomic E-state index is 11.2. The SMILES string of the molecule is COCCCN1CCN(C(=O)C(=O)O)CC1. The van der Waals surface area contributed by atoms with Crippen LogP contribution >= 0.6 is 0 Å². The summed E-state index contributed by atoms with van der Waals surface area (Å²) in [6.45, 7) is 4.14. The van der Waals surface area contributed by atoms with Crippen LogP contribution in [-0.4, -0.2) is 73.2 Å². The van der Waals surface area contributed by atoms with Crippen LogP contribution in [0, 0.1) is 0 Å². The van der Waals surface area contributed by atoms with Gasteiger partial charge in [-0.3, -0.25) is 9.69 Å². The number of piperazine rings is 1. The van der Waals surface area contributed by atoms with Crippen molar-refractivity contribution >= 4 is 11.9 Å². The molecule has 0 bridgehead atoms. The first-order chi connectivity index (χ1) is 7.65. The number of carbonyl (C=O) groups is 2. The van der Waals surface area contributed by atoms with Crippen molar-refractivity contribution in [1.82, 2.24) is 9.80 Å². The molecular formula is C10H18N2O4. The fourth-order valence-electron chi connectivity index (χ4n) is 1.74. The number of rotatable bonds is 4. The normalized spacial score (nSPS) is 17.4. The molecule has 0 atom stereocenters. The summed E-state index contributed by atoms with van der Waals surface area (Å²) in [6.07, 6.45) is 0.962. The zero-order valence-electron chi connectivity index (χ0n) is 9.52. The number of hydrogen-bond acceptors (Lipinski definition) is 4. The van der Waals surface area contributed by atoms with Crippen LogP contribution in [0.2, 0.25) is 0 Å². The molecule has 0 aliphatic carbocycles. The highest BCUT2D eigenvalue weighted by Crippen LogP contribution is 2.03. The summed E-state index contributed by atoms with van der Waals surface area (Å²) >= 11 is 0. The molecule has 0 aromatic rings. The molecule has 6 nitrogen and oxygen atoms in total. The van der Waals surface area contributed by atoms with Gasteiger partial charge in [0.2, 0.25) is 0 Å². The molecule has 1 rings (SSSR count). The highest BCUT2D eigenvalue weighted by molar-refractivity contribution is 6.31. The zero-order valence-corrected chi connectivity index (χ0v) is 9.52. The Labute approximate surface area is 94.8 Å². The number of amides is 1. The van der Waals surface area contributed by atoms with E-state index in [9.17, 15) is 9.59 Å². The van der Waals surface area contributed by atoms with Crippen molar-refractivity contribution in [1.29, 1.82) is 0 Å². The number of methoxy groups -OCH3 is 1. The number of aliphatic carboxylic acids is 1. The van der Waals surface area contributed by atoms with Crippen molar-refractivity contribution in [3.05, 3.63) is 0 Å². The summed E-state index contributed by atoms with van der Waals surface area (Å²) in [5, 5.41) is 8.55. The highest BCUT2D eigenvalue weighted by atomic mass is 16.5. The van der Waals surface area contributed by atoms with Gasteiger partial charge in [0.15, 0.2) is 0 Å². The van der Waals surface area contributed by atoms with Gasteiger partial charge in [-0.2, -0.15) is 0 Å². The topological polar surface area (TPSA) is 70.1 Å². The van der Waals surface area contributed by atoms with Gasteiger partial charge in [-0.25, -0.2) is 4.79 Å². The Hall–Kier alpha value is -1.14. The summed E-state index contributed by atoms with van der Waals surface area (Å²) in [5.41, 5.74) is 0. The van der Waals surface area contributed by atoms with Crippen molar-refractivity contribution in [2.75, 3.05) is 46.4 Å². The fourth-order valence-corrected chi connectivity index (χ4v) is 1.74. The average molecular weight is 230 g/mol. The number of carboxylic acids is 1. The number of ether oxygens (including phenoxy) is 1. The standard InChI is InChI=1S/C10H18N2O4/c1-16-8-2-3-11-4-6-12(7-5-11)9(13)10(14)15/h2-8H2,1H3,(H,14,15). The molecule has 16 heavy (non-hydrogen) atoms. The second-order valence-electron chi connectivity index (χ2n) is 3.79. The minimum absolute atomic E-state index is 0.498. The van der Waals surface area contributed by atoms with E-state index in [1.807, 2.05) is 0 Å². The van der Waals surface area contributed by atoms with Crippen LogP contribution in [0.25, 0.3) is 0 Å². The molecule has 6 heteroatoms. The molecule has 0 aromatic carbocycles. The van der Waals surface area contributed by atoms with Crippen LogP contribution < -0.4 is 0 Å². The van der Waals surface area contributed by atoms with Crippen molar-refractivity contribution in [3.63, 3.8) is 0 Å². The Kier molecular flexibility index (Phi) is 5.21. The predicted octanol–water partition coefficient (Wildman–Crippen LogP) is -0.748. The lowest BCUT2D eigenvalue weighted by Crippen LogP contribution is -2.50. The molecular weight excluding hydrogens is 212 g/mol. The Bertz CT molecular complexity index is 249. The van der Waals surface area contributed by atoms with E-state index < -0.39 is 11.9 Å². The first-order valence-corrected chi connectivity index (χ1v) is 5.38. The predicted molar refractivity (Wildman–Crippen MR) is 57.1 cm³/mol. The fraction of sp³-hybridized carbons (Fsp3) is 0.800. The Morgan fingerprint density at radius 3 is 2.38 bits per heavy atom. The largest absolute Gasteiger partial charge is 0.474 e. The van der Waals surface area contributed by atoms with Gasteiger partial charge in [0.05, 0.1) is 0 Å². The van der Waals surface area contributed by atoms with E-state index in [1.165, 1.54) is 4.90 Å². The van der Waals surface area contributed by atoms with E-state index in [0.29, 0.717) is 13.1 Å². The molecule has 1 N–H and O–H groups in total. The smallest absolute Gasteiger partial charge is 0.394 e. The summed E-state index contributed by atoms with van der Waals surface area (Å²) in [7, 11) is 1.67. The van der Waals surface area contributed by atoms with Crippen LogP contribution in [0.3, 0.4) is 0 Å². The number of nitrogens with zero attached hydrogens (tertiary/aromatic N) is 2. The maximum absolute atomic E-state index is 11.2. The number of carboxylic acid groups (broad SMARTS) is 1. The van der Waals surface area contributed by atoms with Crippen LogP contribution in [0.5, 0.6) is 0 Å². The van der Waals surface area contributed by atoms with Gasteiger partial charge in [0.25, 0.3) is 0 Å². The molecule has 92 valence electrons. The van der Waals surface area contributed by atoms with Crippen LogP contribution in [0.4, 0.5) is 0 Å². The summed E-state index contributed by atoms with van der Waals surface area (Å²) in [6, 6.07) is 0. The van der Waals surface area contributed by atoms with Gasteiger partial charge in [0, 0.05) is 46.4 Å². The minimum atomic E-state index is -1.37. The molecule has 0 radical (unpaired) electrons. The van der Waals surface area contributed by atoms with Gasteiger partial charge in [-0.1, -0.05) is 0 Å². The van der Waals surface area contributed by atoms with E-state index in [-0.39, 0.29) is 0 Å². The van der Waals surface area contributed by atoms with E-state index in [0.717, 1.165) is 32.7 Å². The molecule has 1 heterocycles. The first-order valence-electron chi connectivity index (χ1n) is 5.38. The van der Waals surface area contributed by atoms with Gasteiger partial charge >= 0.3 is 11.9 Å². The second-order valence-corrected chi connectivity index (χ2v) is 3.79. The molecule has 1 amide bonds. The third kappa shape index (κ3) is 3.79. The van der Waals surface area contributed by atoms with E-state index in [2.05, 4.69) is 4.90 Å². The van der Waals surface area contributed by atoms with Gasteiger partial charge in [-0.15, -0.1) is 0 Å². The molecule has 1 fully saturated rings. The molecule has 0 unspecified atom stereocenters. The first kappa shape index (κ1) is 12.9. The van der Waals surface area contributed by atoms with Crippen LogP contribution in [0.1, 0.15) is 6.42 Å². The Balaban J connectivity index is 2.23. The lowest BCUT2D eigenvalue weighted by Gasteiger charge is -2.33. The molecule has 0 aromatic heterocycles. The van der Waals surface area contributed by atoms with Crippen LogP contribution in [0.15, 0.2) is 0 Å². The lowest BCUT2D eigenvalue weighted by molar-refractivity contribution is -0.156. The maximum Gasteiger partial charge on any atom is 0.394 e. The van der Waals surface area contributed by atoms with E-state index in [4.69, 9.17) is 9.84 Å². The molecule has 1 aliphatic heterocycles. The van der Waals surface area contributed by atoms with Crippen molar-refractivity contribution in [2.24, 2.45) is 0 Å². The minimum Gasteiger partial charge on any atom is -0.474 e. The number of carbonyl (C=O) groups excluding carboxylic acids is 1. The molecule has 1 aliphatic rings. The highest BCUT2D eigenvalue weighted by Gasteiger charge is 2.24. The molecule has 0 spiro atoms. The van der Waals surface area contributed by atoms with Crippen LogP contribution in [-0.2, 0) is 14.3 Å². The van der Waals surface area contributed by atoms with Gasteiger partial charge < -0.3 is 14.7 Å². The molecule has 1 saturated heterocycles. The Morgan fingerprint density at radius 2 is 1.88 bits per heavy atom. The summed E-state index contributed by atoms with van der Waals surface area (Å²) < 4.78 is 4.95. The lowest BCUT2D eigenvalue weighted by atomic mass is 10.3. The summed E-state index contributed by atoms with van der Waals surface area (Å²) in [4.78, 5) is 25.2. The molecule has 0 saturated carbocycles. The monoisotopic (exact) mass is 230 g/mol. The van der Waals surface area contributed by atoms with E-state index >= 15 is 0 Å². The quantitative estimate of drug-likeness (QED) is 0.508. The Morgan fingerprint density at radius 1 is 1.25 bits per heavy atom. The summed E-state index contributed by atoms with van der Waals surface area (Å²) in [5.74, 6) is -2.16. The van der Waals surface area contributed by atoms with Gasteiger partial charge in [0.1, 0.15) is 0 Å². The third-order valence-corrected chi connectivity index (χ3v) is 2.67. The average Bonchev–Trinajstić information content (AvgIpc) is 2.29. The van der Waals surface area contributed by atoms with Crippen molar-refractivity contribution in [3.8, 4) is 0 Å². The zero-order chi connectivity index (χ0) is 12.0. The van der Waals surface area contributed by atoms with Crippen molar-refractivity contribution in [2.45, 2.75) is 6.42 Å². The van der Waals surface area contributed by atoms with E-state index in [1.54, 1.807) is 7.11 Å². The van der Waals surface area contributed by atoms with Gasteiger partial charge in [-0.05, 0) is 6.42 Å². The number of hydrogen-bond donors (Lipinski definition) is 1. The second kappa shape index (κ2) is 6.44.